The van der Waals surface area contributed by atoms with E-state index in [9.17, 15) is 4.79 Å². The summed E-state index contributed by atoms with van der Waals surface area (Å²) in [6, 6.07) is 0. The lowest BCUT2D eigenvalue weighted by Gasteiger charge is -1.80. The lowest BCUT2D eigenvalue weighted by molar-refractivity contribution is -0.119. The molecule has 1 aliphatic heterocycles. The van der Waals surface area contributed by atoms with Crippen LogP contribution in [0.15, 0.2) is 0 Å². The third-order valence-corrected chi connectivity index (χ3v) is 0.903. The van der Waals surface area contributed by atoms with Crippen molar-refractivity contribution in [1.82, 2.24) is 5.32 Å². The molecule has 1 N–H and O–H groups in total. The van der Waals surface area contributed by atoms with Crippen LogP contribution in [-0.4, -0.2) is 12.5 Å². The quantitative estimate of drug-likeness (QED) is 0.721. The van der Waals surface area contributed by atoms with Crippen LogP contribution in [0.3, 0.4) is 0 Å². The Kier molecular flexibility index (Phi) is 16.3. The Hall–Kier alpha value is 0.910. The molecule has 0 bridgehead atoms. The number of nitrogens with one attached hydrogen (secondary N) is 1. The van der Waals surface area contributed by atoms with E-state index < -0.39 is 0 Å². The molecule has 0 unspecified atom stereocenters. The van der Waals surface area contributed by atoms with Crippen LogP contribution >= 0.6 is 50.9 Å². The monoisotopic (exact) mass is 326 g/mol. The summed E-state index contributed by atoms with van der Waals surface area (Å²) in [5, 5.41) is 2.68. The van der Waals surface area contributed by atoms with E-state index in [-0.39, 0.29) is 58.3 Å². The highest BCUT2D eigenvalue weighted by atomic mass is 79.9. The fraction of sp³-hybridized carbons (Fsp3) is 0.750. The number of amides is 1. The van der Waals surface area contributed by atoms with E-state index in [0.717, 1.165) is 19.4 Å². The fourth-order valence-corrected chi connectivity index (χ4v) is 0.565. The van der Waals surface area contributed by atoms with Gasteiger partial charge in [-0.25, -0.2) is 0 Å². The highest BCUT2D eigenvalue weighted by Gasteiger charge is 2.05. The number of hydrogen-bond acceptors (Lipinski definition) is 1. The lowest BCUT2D eigenvalue weighted by atomic mass is 10.4. The van der Waals surface area contributed by atoms with E-state index in [4.69, 9.17) is 0 Å². The molecule has 5 heteroatoms. The SMILES string of the molecule is Br.Br.Br.O=C1CCCN1.[H+]. The van der Waals surface area contributed by atoms with Crippen molar-refractivity contribution in [3.63, 3.8) is 0 Å². The Labute approximate surface area is 87.6 Å². The molecule has 0 aromatic heterocycles. The van der Waals surface area contributed by atoms with E-state index in [1.807, 2.05) is 0 Å². The van der Waals surface area contributed by atoms with Crippen molar-refractivity contribution in [2.45, 2.75) is 12.8 Å². The Morgan fingerprint density at radius 3 is 2.00 bits per heavy atom. The minimum absolute atomic E-state index is 0. The number of halogens is 3. The van der Waals surface area contributed by atoms with Crippen LogP contribution in [0.4, 0.5) is 0 Å². The second-order valence-electron chi connectivity index (χ2n) is 1.45. The standard InChI is InChI=1S/C4H7NO.3BrH/c6-4-2-1-3-5-4;;;/h1-3H2,(H,5,6);3*1H/p+1. The van der Waals surface area contributed by atoms with Crippen LogP contribution in [0.5, 0.6) is 0 Å². The van der Waals surface area contributed by atoms with Gasteiger partial charge in [0.05, 0.1) is 0 Å². The van der Waals surface area contributed by atoms with E-state index >= 15 is 0 Å². The summed E-state index contributed by atoms with van der Waals surface area (Å²) in [5.74, 6) is 0.204. The van der Waals surface area contributed by atoms with Crippen LogP contribution in [0.2, 0.25) is 0 Å². The molecule has 0 aliphatic carbocycles. The second-order valence-corrected chi connectivity index (χ2v) is 1.45. The third-order valence-electron chi connectivity index (χ3n) is 0.903. The normalized spacial score (nSPS) is 14.0. The molecule has 58 valence electrons. The third kappa shape index (κ3) is 6.80. The molecule has 0 radical (unpaired) electrons. The van der Waals surface area contributed by atoms with Gasteiger partial charge in [-0.1, -0.05) is 0 Å². The van der Waals surface area contributed by atoms with E-state index in [0.29, 0.717) is 0 Å². The smallest absolute Gasteiger partial charge is 0.356 e. The minimum atomic E-state index is 0. The summed E-state index contributed by atoms with van der Waals surface area (Å²) in [6.45, 7) is 0.888. The summed E-state index contributed by atoms with van der Waals surface area (Å²) < 4.78 is 0. The van der Waals surface area contributed by atoms with Crippen molar-refractivity contribution in [3.05, 3.63) is 0 Å². The summed E-state index contributed by atoms with van der Waals surface area (Å²) in [6.07, 6.45) is 1.76. The predicted octanol–water partition coefficient (Wildman–Crippen LogP) is 1.74. The van der Waals surface area contributed by atoms with Crippen LogP contribution in [0.1, 0.15) is 14.3 Å². The van der Waals surface area contributed by atoms with E-state index in [1.165, 1.54) is 0 Å². The summed E-state index contributed by atoms with van der Waals surface area (Å²) in [7, 11) is 0. The largest absolute Gasteiger partial charge is 1.00 e. The molecule has 0 spiro atoms. The van der Waals surface area contributed by atoms with Crippen LogP contribution in [0, 0.1) is 0 Å². The second kappa shape index (κ2) is 8.91. The molecule has 0 aromatic carbocycles. The van der Waals surface area contributed by atoms with E-state index in [1.54, 1.807) is 0 Å². The minimum Gasteiger partial charge on any atom is -0.356 e. The molecule has 9 heavy (non-hydrogen) atoms. The molecule has 0 saturated carbocycles. The maximum absolute atomic E-state index is 10.1. The number of rotatable bonds is 0. The average Bonchev–Trinajstić information content (AvgIpc) is 1.86. The molecule has 1 rings (SSSR count). The van der Waals surface area contributed by atoms with Crippen LogP contribution < -0.4 is 5.32 Å². The van der Waals surface area contributed by atoms with Gasteiger partial charge < -0.3 is 5.32 Å². The molecular formula is C4H11Br3NO+. The number of carbonyl (C=O) groups is 1. The maximum Gasteiger partial charge on any atom is 1.00 e. The van der Waals surface area contributed by atoms with Gasteiger partial charge in [0.1, 0.15) is 0 Å². The van der Waals surface area contributed by atoms with Crippen molar-refractivity contribution < 1.29 is 6.22 Å². The van der Waals surface area contributed by atoms with Crippen LogP contribution in [0.25, 0.3) is 0 Å². The Morgan fingerprint density at radius 1 is 1.33 bits per heavy atom. The van der Waals surface area contributed by atoms with Crippen molar-refractivity contribution in [2.75, 3.05) is 6.54 Å². The first-order valence-corrected chi connectivity index (χ1v) is 2.16. The zero-order chi connectivity index (χ0) is 4.41. The average molecular weight is 329 g/mol. The van der Waals surface area contributed by atoms with Gasteiger partial charge in [-0.2, -0.15) is 0 Å². The fourth-order valence-electron chi connectivity index (χ4n) is 0.565. The van der Waals surface area contributed by atoms with Gasteiger partial charge in [0.15, 0.2) is 0 Å². The highest BCUT2D eigenvalue weighted by molar-refractivity contribution is 8.93. The van der Waals surface area contributed by atoms with Crippen molar-refractivity contribution in [3.8, 4) is 0 Å². The molecule has 1 amide bonds. The molecule has 2 nitrogen and oxygen atoms in total. The van der Waals surface area contributed by atoms with Gasteiger partial charge in [-0.3, -0.25) is 4.79 Å². The van der Waals surface area contributed by atoms with Gasteiger partial charge in [0.25, 0.3) is 0 Å². The van der Waals surface area contributed by atoms with Gasteiger partial charge in [-0.05, 0) is 6.42 Å². The molecular weight excluding hydrogens is 318 g/mol. The van der Waals surface area contributed by atoms with Crippen LogP contribution in [-0.2, 0) is 4.79 Å². The topological polar surface area (TPSA) is 29.1 Å². The Bertz CT molecular complexity index is 74.9. The maximum atomic E-state index is 10.1. The molecule has 1 heterocycles. The molecule has 1 fully saturated rings. The first kappa shape index (κ1) is 16.5. The van der Waals surface area contributed by atoms with Gasteiger partial charge >= 0.3 is 1.43 Å². The summed E-state index contributed by atoms with van der Waals surface area (Å²) in [4.78, 5) is 10.1. The van der Waals surface area contributed by atoms with E-state index in [2.05, 4.69) is 5.32 Å². The first-order valence-electron chi connectivity index (χ1n) is 2.16. The van der Waals surface area contributed by atoms with Gasteiger partial charge in [0.2, 0.25) is 5.91 Å². The molecule has 1 aliphatic rings. The van der Waals surface area contributed by atoms with Gasteiger partial charge in [-0.15, -0.1) is 50.9 Å². The number of hydrogen-bond donors (Lipinski definition) is 1. The first-order chi connectivity index (χ1) is 2.89. The van der Waals surface area contributed by atoms with Crippen molar-refractivity contribution >= 4 is 56.9 Å². The Balaban J connectivity index is -0.0000000450. The Morgan fingerprint density at radius 2 is 1.89 bits per heavy atom. The van der Waals surface area contributed by atoms with Crippen molar-refractivity contribution in [2.24, 2.45) is 0 Å². The molecule has 1 saturated heterocycles. The van der Waals surface area contributed by atoms with Crippen molar-refractivity contribution in [1.29, 1.82) is 0 Å². The van der Waals surface area contributed by atoms with Gasteiger partial charge in [0, 0.05) is 13.0 Å². The lowest BCUT2D eigenvalue weighted by Crippen LogP contribution is -2.12. The zero-order valence-electron chi connectivity index (χ0n) is 5.75. The predicted molar refractivity (Wildman–Crippen MR) is 54.3 cm³/mol. The molecule has 0 aromatic rings. The summed E-state index contributed by atoms with van der Waals surface area (Å²) in [5.41, 5.74) is 0. The summed E-state index contributed by atoms with van der Waals surface area (Å²) >= 11 is 0. The highest BCUT2D eigenvalue weighted by Crippen LogP contribution is 1.93. The number of carbonyl (C=O) groups excluding carboxylic acids is 1. The molecule has 0 atom stereocenters. The zero-order valence-corrected chi connectivity index (χ0v) is 9.89.